The molecule has 0 aliphatic carbocycles. The fraction of sp³-hybridized carbons (Fsp3) is 0.154. The summed E-state index contributed by atoms with van der Waals surface area (Å²) in [4.78, 5) is 27.0. The molecule has 0 saturated heterocycles. The highest BCUT2D eigenvalue weighted by Crippen LogP contribution is 2.30. The zero-order valence-electron chi connectivity index (χ0n) is 17.5. The molecule has 3 aromatic carbocycles. The van der Waals surface area contributed by atoms with Crippen molar-refractivity contribution in [3.63, 3.8) is 0 Å². The van der Waals surface area contributed by atoms with Gasteiger partial charge in [-0.15, -0.1) is 0 Å². The molecule has 0 heterocycles. The highest BCUT2D eigenvalue weighted by atomic mass is 16.5. The lowest BCUT2D eigenvalue weighted by Gasteiger charge is -2.24. The molecular weight excluding hydrogens is 374 g/mol. The van der Waals surface area contributed by atoms with Crippen LogP contribution in [0.2, 0.25) is 0 Å². The van der Waals surface area contributed by atoms with E-state index in [1.54, 1.807) is 4.90 Å². The average molecular weight is 399 g/mol. The average Bonchev–Trinajstić information content (AvgIpc) is 2.77. The summed E-state index contributed by atoms with van der Waals surface area (Å²) in [6, 6.07) is 27.0. The largest absolute Gasteiger partial charge is 0.466 e. The Labute approximate surface area is 177 Å². The van der Waals surface area contributed by atoms with E-state index in [4.69, 9.17) is 4.74 Å². The number of benzene rings is 3. The van der Waals surface area contributed by atoms with Crippen LogP contribution in [-0.2, 0) is 14.3 Å². The molecule has 0 N–H and O–H groups in total. The van der Waals surface area contributed by atoms with Crippen molar-refractivity contribution < 1.29 is 14.3 Å². The van der Waals surface area contributed by atoms with Gasteiger partial charge in [-0.2, -0.15) is 0 Å². The predicted molar refractivity (Wildman–Crippen MR) is 120 cm³/mol. The Morgan fingerprint density at radius 3 is 2.00 bits per heavy atom. The molecule has 0 unspecified atom stereocenters. The van der Waals surface area contributed by atoms with Gasteiger partial charge in [-0.05, 0) is 30.2 Å². The monoisotopic (exact) mass is 399 g/mol. The van der Waals surface area contributed by atoms with Crippen LogP contribution in [0.1, 0.15) is 23.6 Å². The topological polar surface area (TPSA) is 46.6 Å². The van der Waals surface area contributed by atoms with Crippen LogP contribution in [0.5, 0.6) is 0 Å². The fourth-order valence-corrected chi connectivity index (χ4v) is 3.44. The summed E-state index contributed by atoms with van der Waals surface area (Å²) in [5, 5.41) is 0. The van der Waals surface area contributed by atoms with Crippen LogP contribution >= 0.6 is 0 Å². The van der Waals surface area contributed by atoms with Crippen molar-refractivity contribution >= 4 is 23.1 Å². The molecule has 3 aromatic rings. The van der Waals surface area contributed by atoms with Crippen molar-refractivity contribution in [3.05, 3.63) is 107 Å². The third-order valence-electron chi connectivity index (χ3n) is 4.87. The molecular formula is C26H25NO3. The zero-order chi connectivity index (χ0) is 21.5. The molecule has 0 aliphatic rings. The number of nitrogens with zero attached hydrogens (tertiary/aromatic N) is 1. The number of para-hydroxylation sites is 1. The standard InChI is InChI=1S/C26H25NO3/c1-19-11-10-14-22(17-19)25(21-12-6-4-7-13-21)24(26(29)30-3)18-27(20(2)28)23-15-8-5-9-16-23/h4-17H,18H2,1-3H3/b25-24+. The van der Waals surface area contributed by atoms with E-state index < -0.39 is 5.97 Å². The molecule has 30 heavy (non-hydrogen) atoms. The minimum atomic E-state index is -0.461. The van der Waals surface area contributed by atoms with E-state index in [2.05, 4.69) is 0 Å². The quantitative estimate of drug-likeness (QED) is 0.432. The number of rotatable bonds is 6. The van der Waals surface area contributed by atoms with Gasteiger partial charge >= 0.3 is 5.97 Å². The molecule has 4 heteroatoms. The molecule has 0 saturated carbocycles. The third kappa shape index (κ3) is 4.84. The van der Waals surface area contributed by atoms with Crippen molar-refractivity contribution in [1.82, 2.24) is 0 Å². The number of ether oxygens (including phenoxy) is 1. The molecule has 0 radical (unpaired) electrons. The van der Waals surface area contributed by atoms with E-state index in [0.717, 1.165) is 28.0 Å². The highest BCUT2D eigenvalue weighted by Gasteiger charge is 2.24. The third-order valence-corrected chi connectivity index (χ3v) is 4.87. The molecule has 0 fully saturated rings. The van der Waals surface area contributed by atoms with Crippen molar-refractivity contribution in [2.75, 3.05) is 18.6 Å². The molecule has 0 aromatic heterocycles. The molecule has 0 spiro atoms. The lowest BCUT2D eigenvalue weighted by molar-refractivity contribution is -0.136. The summed E-state index contributed by atoms with van der Waals surface area (Å²) in [5.74, 6) is -0.614. The number of hydrogen-bond acceptors (Lipinski definition) is 3. The molecule has 152 valence electrons. The van der Waals surface area contributed by atoms with Crippen LogP contribution in [0, 0.1) is 6.92 Å². The molecule has 3 rings (SSSR count). The minimum absolute atomic E-state index is 0.101. The van der Waals surface area contributed by atoms with Crippen molar-refractivity contribution in [3.8, 4) is 0 Å². The number of aryl methyl sites for hydroxylation is 1. The number of anilines is 1. The Kier molecular flexibility index (Phi) is 6.81. The Balaban J connectivity index is 2.24. The minimum Gasteiger partial charge on any atom is -0.466 e. The molecule has 4 nitrogen and oxygen atoms in total. The summed E-state index contributed by atoms with van der Waals surface area (Å²) in [7, 11) is 1.36. The van der Waals surface area contributed by atoms with Crippen molar-refractivity contribution in [2.45, 2.75) is 13.8 Å². The maximum Gasteiger partial charge on any atom is 0.336 e. The molecule has 0 aliphatic heterocycles. The number of carbonyl (C=O) groups excluding carboxylic acids is 2. The number of amides is 1. The van der Waals surface area contributed by atoms with Gasteiger partial charge in [0.2, 0.25) is 5.91 Å². The van der Waals surface area contributed by atoms with Gasteiger partial charge in [0.05, 0.1) is 19.2 Å². The zero-order valence-corrected chi connectivity index (χ0v) is 17.5. The predicted octanol–water partition coefficient (Wildman–Crippen LogP) is 5.02. The summed E-state index contributed by atoms with van der Waals surface area (Å²) in [6.45, 7) is 3.61. The lowest BCUT2D eigenvalue weighted by atomic mass is 9.91. The summed E-state index contributed by atoms with van der Waals surface area (Å²) >= 11 is 0. The van der Waals surface area contributed by atoms with E-state index in [9.17, 15) is 9.59 Å². The number of carbonyl (C=O) groups is 2. The Bertz CT molecular complexity index is 1060. The van der Waals surface area contributed by atoms with E-state index in [1.807, 2.05) is 91.9 Å². The van der Waals surface area contributed by atoms with Crippen LogP contribution in [0.4, 0.5) is 5.69 Å². The van der Waals surface area contributed by atoms with E-state index in [1.165, 1.54) is 14.0 Å². The highest BCUT2D eigenvalue weighted by molar-refractivity contribution is 6.04. The van der Waals surface area contributed by atoms with Gasteiger partial charge < -0.3 is 9.64 Å². The molecule has 0 atom stereocenters. The van der Waals surface area contributed by atoms with E-state index in [-0.39, 0.29) is 12.5 Å². The van der Waals surface area contributed by atoms with Gasteiger partial charge in [0.1, 0.15) is 0 Å². The number of esters is 1. The fourth-order valence-electron chi connectivity index (χ4n) is 3.44. The number of hydrogen-bond donors (Lipinski definition) is 0. The summed E-state index contributed by atoms with van der Waals surface area (Å²) < 4.78 is 5.15. The Morgan fingerprint density at radius 2 is 1.43 bits per heavy atom. The van der Waals surface area contributed by atoms with Gasteiger partial charge in [0.25, 0.3) is 0 Å². The second kappa shape index (κ2) is 9.70. The van der Waals surface area contributed by atoms with Crippen LogP contribution in [-0.4, -0.2) is 25.5 Å². The maximum absolute atomic E-state index is 13.0. The lowest BCUT2D eigenvalue weighted by Crippen LogP contribution is -2.33. The normalized spacial score (nSPS) is 11.4. The second-order valence-electron chi connectivity index (χ2n) is 7.02. The van der Waals surface area contributed by atoms with Gasteiger partial charge in [-0.1, -0.05) is 78.4 Å². The van der Waals surface area contributed by atoms with Crippen molar-refractivity contribution in [1.29, 1.82) is 0 Å². The van der Waals surface area contributed by atoms with Crippen molar-refractivity contribution in [2.24, 2.45) is 0 Å². The second-order valence-corrected chi connectivity index (χ2v) is 7.02. The van der Waals surface area contributed by atoms with E-state index in [0.29, 0.717) is 5.57 Å². The molecule has 0 bridgehead atoms. The first-order valence-electron chi connectivity index (χ1n) is 9.78. The summed E-state index contributed by atoms with van der Waals surface area (Å²) in [5.41, 5.74) is 4.78. The first kappa shape index (κ1) is 21.1. The van der Waals surface area contributed by atoms with Crippen LogP contribution in [0.25, 0.3) is 5.57 Å². The smallest absolute Gasteiger partial charge is 0.336 e. The van der Waals surface area contributed by atoms with E-state index >= 15 is 0 Å². The SMILES string of the molecule is COC(=O)/C(CN(C(C)=O)c1ccccc1)=C(\c1ccccc1)c1cccc(C)c1. The van der Waals surface area contributed by atoms with Crippen LogP contribution in [0.15, 0.2) is 90.5 Å². The van der Waals surface area contributed by atoms with Gasteiger partial charge in [-0.3, -0.25) is 4.79 Å². The number of methoxy groups -OCH3 is 1. The van der Waals surface area contributed by atoms with Gasteiger partial charge in [0.15, 0.2) is 0 Å². The van der Waals surface area contributed by atoms with Crippen LogP contribution < -0.4 is 4.90 Å². The first-order chi connectivity index (χ1) is 14.5. The first-order valence-corrected chi connectivity index (χ1v) is 9.78. The Hall–Kier alpha value is -3.66. The maximum atomic E-state index is 13.0. The van der Waals surface area contributed by atoms with Gasteiger partial charge in [-0.25, -0.2) is 4.79 Å². The Morgan fingerprint density at radius 1 is 0.833 bits per heavy atom. The summed E-state index contributed by atoms with van der Waals surface area (Å²) in [6.07, 6.45) is 0. The van der Waals surface area contributed by atoms with Gasteiger partial charge in [0, 0.05) is 18.2 Å². The van der Waals surface area contributed by atoms with Crippen LogP contribution in [0.3, 0.4) is 0 Å². The molecule has 1 amide bonds.